The van der Waals surface area contributed by atoms with E-state index in [0.717, 1.165) is 57.5 Å². The zero-order chi connectivity index (χ0) is 14.4. The summed E-state index contributed by atoms with van der Waals surface area (Å²) in [4.78, 5) is 14.9. The highest BCUT2D eigenvalue weighted by atomic mass is 16.2. The lowest BCUT2D eigenvalue weighted by atomic mass is 9.80. The van der Waals surface area contributed by atoms with Crippen LogP contribution in [0.1, 0.15) is 71.1 Å². The van der Waals surface area contributed by atoms with Gasteiger partial charge in [-0.15, -0.1) is 0 Å². The van der Waals surface area contributed by atoms with Crippen LogP contribution in [-0.4, -0.2) is 23.9 Å². The third-order valence-corrected chi connectivity index (χ3v) is 5.29. The molecule has 1 amide bonds. The van der Waals surface area contributed by atoms with Crippen molar-refractivity contribution in [3.8, 4) is 6.07 Å². The van der Waals surface area contributed by atoms with E-state index in [-0.39, 0.29) is 5.91 Å². The summed E-state index contributed by atoms with van der Waals surface area (Å²) in [6.07, 6.45) is 10.6. The van der Waals surface area contributed by atoms with E-state index in [1.807, 2.05) is 4.90 Å². The SMILES string of the molecule is CCC1CCCN(C(=O)C2(C#N)CCCCCC2)CC1. The van der Waals surface area contributed by atoms with E-state index in [4.69, 9.17) is 0 Å². The van der Waals surface area contributed by atoms with E-state index in [1.54, 1.807) is 0 Å². The molecule has 0 spiro atoms. The van der Waals surface area contributed by atoms with Gasteiger partial charge in [0.2, 0.25) is 5.91 Å². The molecule has 0 radical (unpaired) electrons. The van der Waals surface area contributed by atoms with Crippen LogP contribution in [0.15, 0.2) is 0 Å². The Morgan fingerprint density at radius 2 is 1.85 bits per heavy atom. The zero-order valence-corrected chi connectivity index (χ0v) is 12.9. The molecule has 1 heterocycles. The van der Waals surface area contributed by atoms with Crippen LogP contribution in [0.4, 0.5) is 0 Å². The number of hydrogen-bond acceptors (Lipinski definition) is 2. The van der Waals surface area contributed by atoms with E-state index in [0.29, 0.717) is 0 Å². The number of carbonyl (C=O) groups is 1. The second-order valence-corrected chi connectivity index (χ2v) is 6.61. The lowest BCUT2D eigenvalue weighted by molar-refractivity contribution is -0.139. The summed E-state index contributed by atoms with van der Waals surface area (Å²) in [5.41, 5.74) is -0.706. The summed E-state index contributed by atoms with van der Waals surface area (Å²) >= 11 is 0. The first-order chi connectivity index (χ1) is 9.72. The molecule has 3 heteroatoms. The van der Waals surface area contributed by atoms with Crippen molar-refractivity contribution in [2.24, 2.45) is 11.3 Å². The van der Waals surface area contributed by atoms with Gasteiger partial charge in [-0.3, -0.25) is 4.79 Å². The number of amides is 1. The molecular weight excluding hydrogens is 248 g/mol. The molecule has 2 rings (SSSR count). The minimum Gasteiger partial charge on any atom is -0.341 e. The maximum absolute atomic E-state index is 12.9. The van der Waals surface area contributed by atoms with Crippen LogP contribution in [0, 0.1) is 22.7 Å². The molecule has 1 unspecified atom stereocenters. The molecule has 2 fully saturated rings. The lowest BCUT2D eigenvalue weighted by Gasteiger charge is -2.31. The van der Waals surface area contributed by atoms with E-state index < -0.39 is 5.41 Å². The lowest BCUT2D eigenvalue weighted by Crippen LogP contribution is -2.43. The first kappa shape index (κ1) is 15.4. The van der Waals surface area contributed by atoms with Crippen LogP contribution < -0.4 is 0 Å². The smallest absolute Gasteiger partial charge is 0.243 e. The standard InChI is InChI=1S/C17H28N2O/c1-2-15-8-7-12-19(13-9-15)16(20)17(14-18)10-5-3-4-6-11-17/h15H,2-13H2,1H3. The summed E-state index contributed by atoms with van der Waals surface area (Å²) in [5.74, 6) is 0.902. The van der Waals surface area contributed by atoms with E-state index in [9.17, 15) is 10.1 Å². The average molecular weight is 276 g/mol. The molecule has 0 aromatic carbocycles. The van der Waals surface area contributed by atoms with Crippen molar-refractivity contribution < 1.29 is 4.79 Å². The van der Waals surface area contributed by atoms with Crippen molar-refractivity contribution >= 4 is 5.91 Å². The zero-order valence-electron chi connectivity index (χ0n) is 12.9. The molecule has 1 aliphatic heterocycles. The molecule has 0 aromatic heterocycles. The Bertz CT molecular complexity index is 364. The van der Waals surface area contributed by atoms with Crippen LogP contribution in [0.2, 0.25) is 0 Å². The van der Waals surface area contributed by atoms with Gasteiger partial charge in [-0.05, 0) is 38.0 Å². The van der Waals surface area contributed by atoms with Crippen LogP contribution >= 0.6 is 0 Å². The van der Waals surface area contributed by atoms with Crippen molar-refractivity contribution in [1.82, 2.24) is 4.90 Å². The van der Waals surface area contributed by atoms with Gasteiger partial charge in [0, 0.05) is 13.1 Å². The number of carbonyl (C=O) groups excluding carboxylic acids is 1. The highest BCUT2D eigenvalue weighted by molar-refractivity contribution is 5.85. The fraction of sp³-hybridized carbons (Fsp3) is 0.882. The van der Waals surface area contributed by atoms with E-state index in [1.165, 1.54) is 25.7 Å². The minimum atomic E-state index is -0.706. The van der Waals surface area contributed by atoms with Crippen molar-refractivity contribution in [2.75, 3.05) is 13.1 Å². The molecule has 3 nitrogen and oxygen atoms in total. The largest absolute Gasteiger partial charge is 0.341 e. The number of nitrogens with zero attached hydrogens (tertiary/aromatic N) is 2. The van der Waals surface area contributed by atoms with Crippen molar-refractivity contribution in [1.29, 1.82) is 5.26 Å². The molecule has 0 bridgehead atoms. The second kappa shape index (κ2) is 7.11. The van der Waals surface area contributed by atoms with Crippen LogP contribution in [0.25, 0.3) is 0 Å². The number of rotatable bonds is 2. The molecule has 2 aliphatic rings. The van der Waals surface area contributed by atoms with Gasteiger partial charge in [-0.25, -0.2) is 0 Å². The van der Waals surface area contributed by atoms with Crippen molar-refractivity contribution in [3.05, 3.63) is 0 Å². The fourth-order valence-electron chi connectivity index (χ4n) is 3.78. The minimum absolute atomic E-state index is 0.138. The van der Waals surface area contributed by atoms with Crippen molar-refractivity contribution in [2.45, 2.75) is 71.1 Å². The Morgan fingerprint density at radius 3 is 2.45 bits per heavy atom. The summed E-state index contributed by atoms with van der Waals surface area (Å²) < 4.78 is 0. The monoisotopic (exact) mass is 276 g/mol. The van der Waals surface area contributed by atoms with Gasteiger partial charge in [-0.2, -0.15) is 5.26 Å². The van der Waals surface area contributed by atoms with Crippen molar-refractivity contribution in [3.63, 3.8) is 0 Å². The highest BCUT2D eigenvalue weighted by Gasteiger charge is 2.41. The normalized spacial score (nSPS) is 27.2. The Hall–Kier alpha value is -1.04. The predicted octanol–water partition coefficient (Wildman–Crippen LogP) is 3.89. The second-order valence-electron chi connectivity index (χ2n) is 6.61. The van der Waals surface area contributed by atoms with Gasteiger partial charge < -0.3 is 4.90 Å². The quantitative estimate of drug-likeness (QED) is 0.718. The number of nitriles is 1. The molecule has 1 saturated carbocycles. The summed E-state index contributed by atoms with van der Waals surface area (Å²) in [5, 5.41) is 9.64. The van der Waals surface area contributed by atoms with E-state index >= 15 is 0 Å². The van der Waals surface area contributed by atoms with Crippen LogP contribution in [0.3, 0.4) is 0 Å². The third-order valence-electron chi connectivity index (χ3n) is 5.29. The highest BCUT2D eigenvalue weighted by Crippen LogP contribution is 2.37. The Labute approximate surface area is 123 Å². The first-order valence-corrected chi connectivity index (χ1v) is 8.42. The fourth-order valence-corrected chi connectivity index (χ4v) is 3.78. The van der Waals surface area contributed by atoms with Gasteiger partial charge in [0.05, 0.1) is 6.07 Å². The molecule has 1 aliphatic carbocycles. The summed E-state index contributed by atoms with van der Waals surface area (Å²) in [6, 6.07) is 2.41. The third kappa shape index (κ3) is 3.34. The van der Waals surface area contributed by atoms with E-state index in [2.05, 4.69) is 13.0 Å². The van der Waals surface area contributed by atoms with Crippen LogP contribution in [-0.2, 0) is 4.79 Å². The molecule has 1 atom stereocenters. The number of hydrogen-bond donors (Lipinski definition) is 0. The molecule has 0 aromatic rings. The molecule has 1 saturated heterocycles. The Morgan fingerprint density at radius 1 is 1.15 bits per heavy atom. The Kier molecular flexibility index (Phi) is 5.46. The summed E-state index contributed by atoms with van der Waals surface area (Å²) in [6.45, 7) is 3.96. The molecule has 20 heavy (non-hydrogen) atoms. The van der Waals surface area contributed by atoms with Gasteiger partial charge in [0.15, 0.2) is 0 Å². The molecule has 112 valence electrons. The number of likely N-dealkylation sites (tertiary alicyclic amines) is 1. The first-order valence-electron chi connectivity index (χ1n) is 8.42. The van der Waals surface area contributed by atoms with Gasteiger partial charge >= 0.3 is 0 Å². The Balaban J connectivity index is 2.06. The predicted molar refractivity (Wildman–Crippen MR) is 80.0 cm³/mol. The average Bonchev–Trinajstić information content (AvgIpc) is 2.87. The van der Waals surface area contributed by atoms with Crippen LogP contribution in [0.5, 0.6) is 0 Å². The maximum atomic E-state index is 12.9. The van der Waals surface area contributed by atoms with Gasteiger partial charge in [0.25, 0.3) is 0 Å². The van der Waals surface area contributed by atoms with Gasteiger partial charge in [0.1, 0.15) is 5.41 Å². The molecule has 0 N–H and O–H groups in total. The maximum Gasteiger partial charge on any atom is 0.243 e. The molecular formula is C17H28N2O. The summed E-state index contributed by atoms with van der Waals surface area (Å²) in [7, 11) is 0. The topological polar surface area (TPSA) is 44.1 Å². The van der Waals surface area contributed by atoms with Gasteiger partial charge in [-0.1, -0.05) is 39.0 Å².